The minimum atomic E-state index is -0.0257. The first kappa shape index (κ1) is 17.7. The van der Waals surface area contributed by atoms with E-state index in [0.717, 1.165) is 16.9 Å². The second-order valence-corrected chi connectivity index (χ2v) is 6.60. The Labute approximate surface area is 154 Å². The predicted octanol–water partition coefficient (Wildman–Crippen LogP) is 4.05. The van der Waals surface area contributed by atoms with Crippen molar-refractivity contribution in [1.82, 2.24) is 14.7 Å². The average Bonchev–Trinajstić information content (AvgIpc) is 3.03. The van der Waals surface area contributed by atoms with Gasteiger partial charge in [0.25, 0.3) is 5.91 Å². The van der Waals surface area contributed by atoms with Crippen LogP contribution in [0.5, 0.6) is 0 Å². The van der Waals surface area contributed by atoms with Gasteiger partial charge < -0.3 is 10.2 Å². The van der Waals surface area contributed by atoms with Crippen LogP contribution in [0, 0.1) is 13.8 Å². The largest absolute Gasteiger partial charge is 0.355 e. The van der Waals surface area contributed by atoms with Crippen LogP contribution in [-0.2, 0) is 13.6 Å². The third-order valence-corrected chi connectivity index (χ3v) is 4.56. The molecule has 1 amide bonds. The average molecular weight is 348 g/mol. The van der Waals surface area contributed by atoms with Gasteiger partial charge in [0.1, 0.15) is 0 Å². The van der Waals surface area contributed by atoms with Crippen molar-refractivity contribution < 1.29 is 4.79 Å². The molecule has 0 atom stereocenters. The summed E-state index contributed by atoms with van der Waals surface area (Å²) in [5.41, 5.74) is 5.87. The van der Waals surface area contributed by atoms with Gasteiger partial charge in [-0.15, -0.1) is 0 Å². The molecule has 0 bridgehead atoms. The first-order valence-corrected chi connectivity index (χ1v) is 8.61. The van der Waals surface area contributed by atoms with Gasteiger partial charge in [-0.2, -0.15) is 5.10 Å². The van der Waals surface area contributed by atoms with Gasteiger partial charge in [0.2, 0.25) is 0 Å². The molecule has 0 aliphatic heterocycles. The standard InChI is InChI=1S/C21H24N4O/c1-15-8-7-11-19(16(15)2)23-20-10-6-5-9-18(20)21(26)24(3)13-17-12-22-25(4)14-17/h5-12,14,23H,13H2,1-4H3. The molecule has 1 N–H and O–H groups in total. The van der Waals surface area contributed by atoms with Gasteiger partial charge in [0, 0.05) is 38.1 Å². The molecule has 0 spiro atoms. The van der Waals surface area contributed by atoms with Crippen LogP contribution in [-0.4, -0.2) is 27.6 Å². The topological polar surface area (TPSA) is 50.2 Å². The Morgan fingerprint density at radius 3 is 2.58 bits per heavy atom. The summed E-state index contributed by atoms with van der Waals surface area (Å²) >= 11 is 0. The van der Waals surface area contributed by atoms with Crippen molar-refractivity contribution in [2.45, 2.75) is 20.4 Å². The number of nitrogens with one attached hydrogen (secondary N) is 1. The zero-order chi connectivity index (χ0) is 18.7. The van der Waals surface area contributed by atoms with Gasteiger partial charge in [-0.25, -0.2) is 0 Å². The summed E-state index contributed by atoms with van der Waals surface area (Å²) in [5.74, 6) is -0.0257. The van der Waals surface area contributed by atoms with Crippen LogP contribution >= 0.6 is 0 Å². The van der Waals surface area contributed by atoms with Crippen LogP contribution in [0.1, 0.15) is 27.0 Å². The number of hydrogen-bond donors (Lipinski definition) is 1. The molecule has 0 saturated carbocycles. The third kappa shape index (κ3) is 3.77. The Bertz CT molecular complexity index is 929. The van der Waals surface area contributed by atoms with Crippen LogP contribution in [0.2, 0.25) is 0 Å². The van der Waals surface area contributed by atoms with E-state index in [9.17, 15) is 4.79 Å². The summed E-state index contributed by atoms with van der Waals surface area (Å²) in [6.07, 6.45) is 3.70. The van der Waals surface area contributed by atoms with Gasteiger partial charge in [0.05, 0.1) is 17.4 Å². The SMILES string of the molecule is Cc1cccc(Nc2ccccc2C(=O)N(C)Cc2cnn(C)c2)c1C. The van der Waals surface area contributed by atoms with E-state index in [0.29, 0.717) is 12.1 Å². The Hall–Kier alpha value is -3.08. The predicted molar refractivity (Wildman–Crippen MR) is 105 cm³/mol. The van der Waals surface area contributed by atoms with E-state index < -0.39 is 0 Å². The first-order valence-electron chi connectivity index (χ1n) is 8.61. The Kier molecular flexibility index (Phi) is 5.07. The van der Waals surface area contributed by atoms with Crippen LogP contribution in [0.3, 0.4) is 0 Å². The zero-order valence-electron chi connectivity index (χ0n) is 15.7. The van der Waals surface area contributed by atoms with E-state index in [4.69, 9.17) is 0 Å². The first-order chi connectivity index (χ1) is 12.5. The zero-order valence-corrected chi connectivity index (χ0v) is 15.7. The number of benzene rings is 2. The molecule has 3 aromatic rings. The second-order valence-electron chi connectivity index (χ2n) is 6.60. The molecule has 1 aromatic heterocycles. The molecule has 5 nitrogen and oxygen atoms in total. The molecule has 1 heterocycles. The fraction of sp³-hybridized carbons (Fsp3) is 0.238. The summed E-state index contributed by atoms with van der Waals surface area (Å²) in [6, 6.07) is 13.7. The molecule has 0 aliphatic carbocycles. The van der Waals surface area contributed by atoms with Crippen LogP contribution < -0.4 is 5.32 Å². The highest BCUT2D eigenvalue weighted by molar-refractivity contribution is 6.00. The quantitative estimate of drug-likeness (QED) is 0.757. The van der Waals surface area contributed by atoms with Crippen molar-refractivity contribution in [3.63, 3.8) is 0 Å². The van der Waals surface area contributed by atoms with E-state index in [2.05, 4.69) is 30.3 Å². The van der Waals surface area contributed by atoms with Crippen molar-refractivity contribution in [2.75, 3.05) is 12.4 Å². The molecule has 2 aromatic carbocycles. The molecule has 134 valence electrons. The summed E-state index contributed by atoms with van der Waals surface area (Å²) in [7, 11) is 3.68. The molecule has 5 heteroatoms. The molecular formula is C21H24N4O. The lowest BCUT2D eigenvalue weighted by molar-refractivity contribution is 0.0786. The number of anilines is 2. The lowest BCUT2D eigenvalue weighted by Crippen LogP contribution is -2.26. The molecule has 0 radical (unpaired) electrons. The lowest BCUT2D eigenvalue weighted by Gasteiger charge is -2.20. The summed E-state index contributed by atoms with van der Waals surface area (Å²) in [4.78, 5) is 14.7. The highest BCUT2D eigenvalue weighted by atomic mass is 16.2. The van der Waals surface area contributed by atoms with Gasteiger partial charge in [-0.1, -0.05) is 24.3 Å². The number of amides is 1. The maximum absolute atomic E-state index is 13.0. The van der Waals surface area contributed by atoms with E-state index >= 15 is 0 Å². The van der Waals surface area contributed by atoms with Crippen molar-refractivity contribution in [2.24, 2.45) is 7.05 Å². The summed E-state index contributed by atoms with van der Waals surface area (Å²) in [5, 5.41) is 7.58. The molecule has 0 aliphatic rings. The Balaban J connectivity index is 1.84. The van der Waals surface area contributed by atoms with E-state index in [-0.39, 0.29) is 5.91 Å². The van der Waals surface area contributed by atoms with E-state index in [1.54, 1.807) is 15.8 Å². The molecule has 0 fully saturated rings. The Morgan fingerprint density at radius 2 is 1.85 bits per heavy atom. The highest BCUT2D eigenvalue weighted by Crippen LogP contribution is 2.26. The summed E-state index contributed by atoms with van der Waals surface area (Å²) in [6.45, 7) is 4.68. The molecule has 3 rings (SSSR count). The molecule has 26 heavy (non-hydrogen) atoms. The fourth-order valence-corrected chi connectivity index (χ4v) is 2.92. The van der Waals surface area contributed by atoms with Crippen LogP contribution in [0.25, 0.3) is 0 Å². The minimum Gasteiger partial charge on any atom is -0.355 e. The monoisotopic (exact) mass is 348 g/mol. The molecular weight excluding hydrogens is 324 g/mol. The fourth-order valence-electron chi connectivity index (χ4n) is 2.92. The van der Waals surface area contributed by atoms with Crippen molar-refractivity contribution >= 4 is 17.3 Å². The highest BCUT2D eigenvalue weighted by Gasteiger charge is 2.17. The summed E-state index contributed by atoms with van der Waals surface area (Å²) < 4.78 is 1.74. The van der Waals surface area contributed by atoms with E-state index in [1.807, 2.05) is 56.7 Å². The second kappa shape index (κ2) is 7.44. The number of aryl methyl sites for hydroxylation is 2. The van der Waals surface area contributed by atoms with Crippen molar-refractivity contribution in [1.29, 1.82) is 0 Å². The smallest absolute Gasteiger partial charge is 0.256 e. The minimum absolute atomic E-state index is 0.0257. The number of carbonyl (C=O) groups excluding carboxylic acids is 1. The maximum atomic E-state index is 13.0. The molecule has 0 saturated heterocycles. The number of aromatic nitrogens is 2. The number of hydrogen-bond acceptors (Lipinski definition) is 3. The van der Waals surface area contributed by atoms with Gasteiger partial charge >= 0.3 is 0 Å². The Morgan fingerprint density at radius 1 is 1.12 bits per heavy atom. The van der Waals surface area contributed by atoms with Crippen LogP contribution in [0.4, 0.5) is 11.4 Å². The van der Waals surface area contributed by atoms with Crippen LogP contribution in [0.15, 0.2) is 54.9 Å². The van der Waals surface area contributed by atoms with Crippen molar-refractivity contribution in [3.05, 3.63) is 77.1 Å². The number of para-hydroxylation sites is 1. The van der Waals surface area contributed by atoms with E-state index in [1.165, 1.54) is 11.1 Å². The number of nitrogens with zero attached hydrogens (tertiary/aromatic N) is 3. The lowest BCUT2D eigenvalue weighted by atomic mass is 10.1. The number of rotatable bonds is 5. The number of carbonyl (C=O) groups is 1. The normalized spacial score (nSPS) is 10.6. The third-order valence-electron chi connectivity index (χ3n) is 4.56. The molecule has 0 unspecified atom stereocenters. The van der Waals surface area contributed by atoms with Gasteiger partial charge in [-0.05, 0) is 43.2 Å². The van der Waals surface area contributed by atoms with Crippen molar-refractivity contribution in [3.8, 4) is 0 Å². The van der Waals surface area contributed by atoms with Gasteiger partial charge in [0.15, 0.2) is 0 Å². The van der Waals surface area contributed by atoms with Gasteiger partial charge in [-0.3, -0.25) is 9.48 Å². The maximum Gasteiger partial charge on any atom is 0.256 e.